The summed E-state index contributed by atoms with van der Waals surface area (Å²) in [6.45, 7) is 7.58. The van der Waals surface area contributed by atoms with Crippen LogP contribution in [0.5, 0.6) is 0 Å². The monoisotopic (exact) mass is 215 g/mol. The third-order valence-corrected chi connectivity index (χ3v) is 4.56. The van der Waals surface area contributed by atoms with E-state index in [0.29, 0.717) is 12.1 Å². The first kappa shape index (κ1) is 10.8. The number of ether oxygens (including phenoxy) is 1. The Hall–Kier alpha value is 0.270. The summed E-state index contributed by atoms with van der Waals surface area (Å²) in [5.41, 5.74) is 0.0899. The quantitative estimate of drug-likeness (QED) is 0.761. The predicted molar refractivity (Wildman–Crippen MR) is 61.9 cm³/mol. The molecule has 0 bridgehead atoms. The van der Waals surface area contributed by atoms with E-state index >= 15 is 0 Å². The van der Waals surface area contributed by atoms with Crippen molar-refractivity contribution in [2.24, 2.45) is 0 Å². The first-order valence-electron chi connectivity index (χ1n) is 5.58. The molecule has 2 aliphatic heterocycles. The maximum absolute atomic E-state index is 5.73. The number of rotatable bonds is 2. The molecular formula is C11H21NOS. The summed E-state index contributed by atoms with van der Waals surface area (Å²) in [7, 11) is 0. The van der Waals surface area contributed by atoms with E-state index in [1.165, 1.54) is 12.2 Å². The van der Waals surface area contributed by atoms with Crippen LogP contribution in [0.2, 0.25) is 0 Å². The molecule has 14 heavy (non-hydrogen) atoms. The molecule has 1 N–H and O–H groups in total. The molecule has 0 aromatic carbocycles. The van der Waals surface area contributed by atoms with Crippen LogP contribution < -0.4 is 5.32 Å². The zero-order valence-electron chi connectivity index (χ0n) is 9.38. The third kappa shape index (κ3) is 2.44. The van der Waals surface area contributed by atoms with Crippen LogP contribution in [0.3, 0.4) is 0 Å². The van der Waals surface area contributed by atoms with Gasteiger partial charge < -0.3 is 10.1 Å². The van der Waals surface area contributed by atoms with Gasteiger partial charge in [-0.05, 0) is 32.4 Å². The van der Waals surface area contributed by atoms with Crippen molar-refractivity contribution in [1.29, 1.82) is 0 Å². The van der Waals surface area contributed by atoms with Crippen molar-refractivity contribution in [3.05, 3.63) is 0 Å². The van der Waals surface area contributed by atoms with Gasteiger partial charge in [0.05, 0.1) is 12.2 Å². The average molecular weight is 215 g/mol. The minimum Gasteiger partial charge on any atom is -0.374 e. The van der Waals surface area contributed by atoms with Gasteiger partial charge in [-0.25, -0.2) is 0 Å². The molecule has 0 aromatic rings. The third-order valence-electron chi connectivity index (χ3n) is 3.24. The molecule has 2 aliphatic rings. The number of hydrogen-bond acceptors (Lipinski definition) is 3. The van der Waals surface area contributed by atoms with Gasteiger partial charge in [0.15, 0.2) is 0 Å². The molecular weight excluding hydrogens is 194 g/mol. The van der Waals surface area contributed by atoms with E-state index in [2.05, 4.69) is 37.8 Å². The fourth-order valence-corrected chi connectivity index (χ4v) is 3.61. The Morgan fingerprint density at radius 2 is 2.21 bits per heavy atom. The number of hydrogen-bond donors (Lipinski definition) is 1. The standard InChI is InChI=1S/C11H21NOS/c1-8-10(4-5-14-8)12-9-6-11(2,3)13-7-9/h8-10,12H,4-7H2,1-3H3. The zero-order chi connectivity index (χ0) is 10.2. The van der Waals surface area contributed by atoms with E-state index in [0.717, 1.165) is 18.3 Å². The molecule has 3 atom stereocenters. The highest BCUT2D eigenvalue weighted by Crippen LogP contribution is 2.29. The Balaban J connectivity index is 1.81. The van der Waals surface area contributed by atoms with E-state index in [9.17, 15) is 0 Å². The van der Waals surface area contributed by atoms with Crippen LogP contribution >= 0.6 is 11.8 Å². The summed E-state index contributed by atoms with van der Waals surface area (Å²) < 4.78 is 5.73. The Morgan fingerprint density at radius 1 is 1.43 bits per heavy atom. The Morgan fingerprint density at radius 3 is 2.71 bits per heavy atom. The lowest BCUT2D eigenvalue weighted by Crippen LogP contribution is -2.42. The summed E-state index contributed by atoms with van der Waals surface area (Å²) in [6.07, 6.45) is 2.48. The second kappa shape index (κ2) is 4.03. The van der Waals surface area contributed by atoms with Gasteiger partial charge in [0.1, 0.15) is 0 Å². The molecule has 0 spiro atoms. The predicted octanol–water partition coefficient (Wildman–Crippen LogP) is 2.04. The van der Waals surface area contributed by atoms with Crippen molar-refractivity contribution in [2.45, 2.75) is 56.5 Å². The molecule has 3 unspecified atom stereocenters. The maximum Gasteiger partial charge on any atom is 0.0643 e. The highest BCUT2D eigenvalue weighted by Gasteiger charge is 2.34. The maximum atomic E-state index is 5.73. The fourth-order valence-electron chi connectivity index (χ4n) is 2.40. The molecule has 0 amide bonds. The minimum absolute atomic E-state index is 0.0899. The van der Waals surface area contributed by atoms with E-state index in [1.54, 1.807) is 0 Å². The second-order valence-corrected chi connectivity index (χ2v) is 6.59. The summed E-state index contributed by atoms with van der Waals surface area (Å²) in [5.74, 6) is 1.32. The molecule has 3 heteroatoms. The first-order chi connectivity index (χ1) is 6.57. The summed E-state index contributed by atoms with van der Waals surface area (Å²) in [6, 6.07) is 1.29. The van der Waals surface area contributed by atoms with Crippen LogP contribution in [0.25, 0.3) is 0 Å². The van der Waals surface area contributed by atoms with Gasteiger partial charge in [-0.2, -0.15) is 11.8 Å². The van der Waals surface area contributed by atoms with Crippen LogP contribution in [0.15, 0.2) is 0 Å². The molecule has 2 saturated heterocycles. The lowest BCUT2D eigenvalue weighted by atomic mass is 10.0. The lowest BCUT2D eigenvalue weighted by Gasteiger charge is -2.21. The first-order valence-corrected chi connectivity index (χ1v) is 6.63. The molecule has 2 fully saturated rings. The van der Waals surface area contributed by atoms with Crippen molar-refractivity contribution in [2.75, 3.05) is 12.4 Å². The van der Waals surface area contributed by atoms with Gasteiger partial charge in [-0.15, -0.1) is 0 Å². The normalized spacial score (nSPS) is 41.8. The molecule has 0 saturated carbocycles. The Labute approximate surface area is 91.2 Å². The van der Waals surface area contributed by atoms with Gasteiger partial charge in [-0.3, -0.25) is 0 Å². The van der Waals surface area contributed by atoms with Gasteiger partial charge in [0.25, 0.3) is 0 Å². The lowest BCUT2D eigenvalue weighted by molar-refractivity contribution is 0.0355. The molecule has 2 rings (SSSR count). The van der Waals surface area contributed by atoms with E-state index in [4.69, 9.17) is 4.74 Å². The van der Waals surface area contributed by atoms with Gasteiger partial charge in [-0.1, -0.05) is 6.92 Å². The SMILES string of the molecule is CC1SCCC1NC1COC(C)(C)C1. The van der Waals surface area contributed by atoms with Crippen LogP contribution in [0.1, 0.15) is 33.6 Å². The van der Waals surface area contributed by atoms with Gasteiger partial charge in [0, 0.05) is 17.3 Å². The smallest absolute Gasteiger partial charge is 0.0643 e. The summed E-state index contributed by atoms with van der Waals surface area (Å²) in [4.78, 5) is 0. The molecule has 0 radical (unpaired) electrons. The van der Waals surface area contributed by atoms with Crippen molar-refractivity contribution < 1.29 is 4.74 Å². The highest BCUT2D eigenvalue weighted by molar-refractivity contribution is 8.00. The molecule has 2 nitrogen and oxygen atoms in total. The largest absolute Gasteiger partial charge is 0.374 e. The molecule has 2 heterocycles. The average Bonchev–Trinajstić information content (AvgIpc) is 2.61. The highest BCUT2D eigenvalue weighted by atomic mass is 32.2. The Bertz CT molecular complexity index is 207. The van der Waals surface area contributed by atoms with Crippen molar-refractivity contribution >= 4 is 11.8 Å². The van der Waals surface area contributed by atoms with Gasteiger partial charge in [0.2, 0.25) is 0 Å². The second-order valence-electron chi connectivity index (χ2n) is 5.11. The van der Waals surface area contributed by atoms with E-state index in [1.807, 2.05) is 0 Å². The van der Waals surface area contributed by atoms with Crippen molar-refractivity contribution in [3.8, 4) is 0 Å². The number of nitrogens with one attached hydrogen (secondary N) is 1. The van der Waals surface area contributed by atoms with Crippen LogP contribution in [0, 0.1) is 0 Å². The van der Waals surface area contributed by atoms with E-state index in [-0.39, 0.29) is 5.60 Å². The van der Waals surface area contributed by atoms with Crippen molar-refractivity contribution in [3.63, 3.8) is 0 Å². The Kier molecular flexibility index (Phi) is 3.10. The minimum atomic E-state index is 0.0899. The molecule has 82 valence electrons. The van der Waals surface area contributed by atoms with Crippen LogP contribution in [-0.2, 0) is 4.74 Å². The van der Waals surface area contributed by atoms with Crippen molar-refractivity contribution in [1.82, 2.24) is 5.32 Å². The number of thioether (sulfide) groups is 1. The fraction of sp³-hybridized carbons (Fsp3) is 1.00. The molecule has 0 aromatic heterocycles. The van der Waals surface area contributed by atoms with Crippen LogP contribution in [0.4, 0.5) is 0 Å². The summed E-state index contributed by atoms with van der Waals surface area (Å²) in [5, 5.41) is 4.51. The van der Waals surface area contributed by atoms with E-state index < -0.39 is 0 Å². The zero-order valence-corrected chi connectivity index (χ0v) is 10.2. The van der Waals surface area contributed by atoms with Gasteiger partial charge >= 0.3 is 0 Å². The summed E-state index contributed by atoms with van der Waals surface area (Å²) >= 11 is 2.09. The van der Waals surface area contributed by atoms with Crippen LogP contribution in [-0.4, -0.2) is 35.3 Å². The molecule has 0 aliphatic carbocycles. The topological polar surface area (TPSA) is 21.3 Å².